The fraction of sp³-hybridized carbons (Fsp3) is 1.00. The molecule has 16 nitrogen and oxygen atoms in total. The Morgan fingerprint density at radius 1 is 0.486 bits per heavy atom. The molecule has 206 valence electrons. The summed E-state index contributed by atoms with van der Waals surface area (Å²) in [6, 6.07) is 0. The molecule has 0 amide bonds. The molecule has 0 aliphatic carbocycles. The Labute approximate surface area is 199 Å². The minimum atomic E-state index is -1.88. The monoisotopic (exact) mass is 518 g/mol. The van der Waals surface area contributed by atoms with E-state index in [-0.39, 0.29) is 0 Å². The Morgan fingerprint density at radius 2 is 0.857 bits per heavy atom. The van der Waals surface area contributed by atoms with Crippen LogP contribution >= 0.6 is 0 Å². The van der Waals surface area contributed by atoms with Gasteiger partial charge in [0.15, 0.2) is 18.9 Å². The number of aliphatic hydroxyl groups is 10. The molecule has 3 aliphatic rings. The van der Waals surface area contributed by atoms with E-state index in [1.54, 1.807) is 0 Å². The molecule has 0 saturated carbocycles. The molecule has 0 aromatic rings. The molecule has 9 unspecified atom stereocenters. The van der Waals surface area contributed by atoms with Gasteiger partial charge in [-0.05, 0) is 0 Å². The van der Waals surface area contributed by atoms with Crippen molar-refractivity contribution in [1.82, 2.24) is 0 Å². The van der Waals surface area contributed by atoms with Crippen LogP contribution in [0.4, 0.5) is 0 Å². The molecular formula is C19H34O16. The molecule has 0 aromatic heterocycles. The molecule has 0 radical (unpaired) electrons. The minimum Gasteiger partial charge on any atom is -0.394 e. The maximum absolute atomic E-state index is 10.8. The van der Waals surface area contributed by atoms with Gasteiger partial charge in [-0.2, -0.15) is 0 Å². The first-order valence-electron chi connectivity index (χ1n) is 11.0. The summed E-state index contributed by atoms with van der Waals surface area (Å²) in [6.07, 6.45) is -24.1. The molecule has 3 heterocycles. The highest BCUT2D eigenvalue weighted by atomic mass is 16.8. The fourth-order valence-electron chi connectivity index (χ4n) is 4.22. The molecular weight excluding hydrogens is 484 g/mol. The summed E-state index contributed by atoms with van der Waals surface area (Å²) in [5.41, 5.74) is 0. The van der Waals surface area contributed by atoms with E-state index in [0.29, 0.717) is 0 Å². The zero-order valence-corrected chi connectivity index (χ0v) is 18.7. The van der Waals surface area contributed by atoms with Crippen LogP contribution in [0.3, 0.4) is 0 Å². The van der Waals surface area contributed by atoms with Crippen LogP contribution in [-0.2, 0) is 28.4 Å². The van der Waals surface area contributed by atoms with Gasteiger partial charge in [-0.1, -0.05) is 0 Å². The Morgan fingerprint density at radius 3 is 1.29 bits per heavy atom. The highest BCUT2D eigenvalue weighted by molar-refractivity contribution is 4.96. The topological polar surface area (TPSA) is 258 Å². The van der Waals surface area contributed by atoms with Gasteiger partial charge in [-0.3, -0.25) is 0 Å². The summed E-state index contributed by atoms with van der Waals surface area (Å²) < 4.78 is 31.8. The molecule has 16 heteroatoms. The summed E-state index contributed by atoms with van der Waals surface area (Å²) in [4.78, 5) is 0. The van der Waals surface area contributed by atoms with E-state index in [1.165, 1.54) is 7.11 Å². The van der Waals surface area contributed by atoms with Crippen molar-refractivity contribution in [2.75, 3.05) is 26.9 Å². The van der Waals surface area contributed by atoms with Crippen LogP contribution in [0.2, 0.25) is 0 Å². The number of hydrogen-bond acceptors (Lipinski definition) is 16. The lowest BCUT2D eigenvalue weighted by Crippen LogP contribution is -2.66. The molecule has 0 aromatic carbocycles. The van der Waals surface area contributed by atoms with E-state index >= 15 is 0 Å². The maximum Gasteiger partial charge on any atom is 0.187 e. The molecule has 3 fully saturated rings. The molecule has 3 aliphatic heterocycles. The first kappa shape index (κ1) is 28.9. The second-order valence-corrected chi connectivity index (χ2v) is 8.55. The maximum atomic E-state index is 10.8. The Bertz CT molecular complexity index is 638. The van der Waals surface area contributed by atoms with E-state index in [9.17, 15) is 51.1 Å². The van der Waals surface area contributed by atoms with Gasteiger partial charge in [-0.15, -0.1) is 0 Å². The summed E-state index contributed by atoms with van der Waals surface area (Å²) in [7, 11) is 1.20. The van der Waals surface area contributed by atoms with Crippen LogP contribution in [0, 0.1) is 0 Å². The van der Waals surface area contributed by atoms with E-state index < -0.39 is 112 Å². The number of hydrogen-bond donors (Lipinski definition) is 10. The zero-order chi connectivity index (χ0) is 26.0. The zero-order valence-electron chi connectivity index (χ0n) is 18.7. The van der Waals surface area contributed by atoms with E-state index in [2.05, 4.69) is 0 Å². The summed E-state index contributed by atoms with van der Waals surface area (Å²) in [5.74, 6) is 0. The van der Waals surface area contributed by atoms with Gasteiger partial charge in [-0.25, -0.2) is 0 Å². The quantitative estimate of drug-likeness (QED) is 0.143. The largest absolute Gasteiger partial charge is 0.394 e. The van der Waals surface area contributed by atoms with Crippen molar-refractivity contribution in [2.45, 2.75) is 92.1 Å². The highest BCUT2D eigenvalue weighted by Crippen LogP contribution is 2.32. The predicted molar refractivity (Wildman–Crippen MR) is 106 cm³/mol. The Kier molecular flexibility index (Phi) is 10.1. The van der Waals surface area contributed by atoms with Gasteiger partial charge >= 0.3 is 0 Å². The summed E-state index contributed by atoms with van der Waals surface area (Å²) in [5, 5.41) is 101. The van der Waals surface area contributed by atoms with Crippen molar-refractivity contribution < 1.29 is 79.5 Å². The number of rotatable bonds is 8. The molecule has 3 rings (SSSR count). The third-order valence-electron chi connectivity index (χ3n) is 6.31. The minimum absolute atomic E-state index is 0.664. The normalized spacial score (nSPS) is 51.3. The van der Waals surface area contributed by atoms with Gasteiger partial charge < -0.3 is 79.5 Å². The van der Waals surface area contributed by atoms with Crippen LogP contribution in [0.5, 0.6) is 0 Å². The molecule has 15 atom stereocenters. The standard InChI is InChI=1S/C19H34O16/c1-30-17-13(28)15(9(24)6(3-21)31-17)35-19-14(29)16(10(25)7(4-22)33-19)34-18-12(27)11(26)8(23)5(2-20)32-18/h5-29H,2-4H2,1H3/t5?,6?,7?,8-,9-,10-,11+,12?,13?,14?,15+,16+,17?,18?,19?/m1/s1. The molecule has 35 heavy (non-hydrogen) atoms. The second kappa shape index (κ2) is 12.3. The van der Waals surface area contributed by atoms with E-state index in [4.69, 9.17) is 28.4 Å². The van der Waals surface area contributed by atoms with Crippen LogP contribution in [0.25, 0.3) is 0 Å². The Hall–Kier alpha value is -0.640. The first-order valence-corrected chi connectivity index (χ1v) is 11.0. The molecule has 10 N–H and O–H groups in total. The second-order valence-electron chi connectivity index (χ2n) is 8.55. The van der Waals surface area contributed by atoms with Crippen LogP contribution in [0.15, 0.2) is 0 Å². The van der Waals surface area contributed by atoms with Crippen LogP contribution in [-0.4, -0.2) is 170 Å². The van der Waals surface area contributed by atoms with Crippen LogP contribution < -0.4 is 0 Å². The van der Waals surface area contributed by atoms with Crippen molar-refractivity contribution in [3.05, 3.63) is 0 Å². The summed E-state index contributed by atoms with van der Waals surface area (Å²) in [6.45, 7) is -2.20. The van der Waals surface area contributed by atoms with Crippen molar-refractivity contribution in [1.29, 1.82) is 0 Å². The molecule has 0 spiro atoms. The molecule has 0 bridgehead atoms. The van der Waals surface area contributed by atoms with E-state index in [0.717, 1.165) is 0 Å². The van der Waals surface area contributed by atoms with Gasteiger partial charge in [0.25, 0.3) is 0 Å². The first-order chi connectivity index (χ1) is 16.6. The molecule has 3 saturated heterocycles. The van der Waals surface area contributed by atoms with Gasteiger partial charge in [0.05, 0.1) is 19.8 Å². The smallest absolute Gasteiger partial charge is 0.187 e. The lowest BCUT2D eigenvalue weighted by atomic mass is 9.96. The van der Waals surface area contributed by atoms with Crippen molar-refractivity contribution in [2.24, 2.45) is 0 Å². The average Bonchev–Trinajstić information content (AvgIpc) is 2.85. The Balaban J connectivity index is 1.79. The van der Waals surface area contributed by atoms with Gasteiger partial charge in [0, 0.05) is 7.11 Å². The van der Waals surface area contributed by atoms with Crippen molar-refractivity contribution in [3.8, 4) is 0 Å². The van der Waals surface area contributed by atoms with Gasteiger partial charge in [0.1, 0.15) is 73.2 Å². The number of ether oxygens (including phenoxy) is 6. The number of aliphatic hydroxyl groups excluding tert-OH is 10. The fourth-order valence-corrected chi connectivity index (χ4v) is 4.22. The highest BCUT2D eigenvalue weighted by Gasteiger charge is 2.53. The average molecular weight is 518 g/mol. The summed E-state index contributed by atoms with van der Waals surface area (Å²) >= 11 is 0. The van der Waals surface area contributed by atoms with Crippen molar-refractivity contribution in [3.63, 3.8) is 0 Å². The lowest BCUT2D eigenvalue weighted by Gasteiger charge is -2.48. The van der Waals surface area contributed by atoms with Gasteiger partial charge in [0.2, 0.25) is 0 Å². The number of methoxy groups -OCH3 is 1. The van der Waals surface area contributed by atoms with Crippen molar-refractivity contribution >= 4 is 0 Å². The SMILES string of the molecule is COC1OC(CO)[C@@H](O)[C@H](OC2OC(CO)[C@@H](O)[C@H](OC3OC(CO)[C@@H](O)[C@H](O)C3O)C2O)C1O. The third-order valence-corrected chi connectivity index (χ3v) is 6.31. The van der Waals surface area contributed by atoms with E-state index in [1.807, 2.05) is 0 Å². The third kappa shape index (κ3) is 5.78. The lowest BCUT2D eigenvalue weighted by molar-refractivity contribution is -0.380. The van der Waals surface area contributed by atoms with Crippen LogP contribution in [0.1, 0.15) is 0 Å². The predicted octanol–water partition coefficient (Wildman–Crippen LogP) is -6.92.